The van der Waals surface area contributed by atoms with Crippen molar-refractivity contribution in [1.82, 2.24) is 25.1 Å². The van der Waals surface area contributed by atoms with Crippen molar-refractivity contribution in [2.75, 3.05) is 30.8 Å². The molecule has 2 atom stereocenters. The fourth-order valence-electron chi connectivity index (χ4n) is 3.62. The van der Waals surface area contributed by atoms with Crippen molar-refractivity contribution in [2.24, 2.45) is 7.05 Å². The van der Waals surface area contributed by atoms with Crippen LogP contribution in [0.3, 0.4) is 0 Å². The molecule has 1 fully saturated rings. The second kappa shape index (κ2) is 7.95. The summed E-state index contributed by atoms with van der Waals surface area (Å²) < 4.78 is 7.52. The van der Waals surface area contributed by atoms with Crippen LogP contribution in [-0.4, -0.2) is 52.1 Å². The molecule has 1 aliphatic rings. The first kappa shape index (κ1) is 18.4. The molecule has 4 rings (SSSR count). The molecule has 0 unspecified atom stereocenters. The normalized spacial score (nSPS) is 19.3. The van der Waals surface area contributed by atoms with Crippen LogP contribution in [0.15, 0.2) is 48.9 Å². The molecule has 0 bridgehead atoms. The number of anilines is 2. The third kappa shape index (κ3) is 3.97. The number of methoxy groups -OCH3 is 1. The molecule has 2 aromatic heterocycles. The Hall–Kier alpha value is -2.97. The molecular formula is C20H25N7O. The lowest BCUT2D eigenvalue weighted by atomic mass is 10.1. The van der Waals surface area contributed by atoms with Crippen LogP contribution in [0.2, 0.25) is 0 Å². The van der Waals surface area contributed by atoms with E-state index in [1.807, 2.05) is 30.2 Å². The Morgan fingerprint density at radius 2 is 2.14 bits per heavy atom. The molecule has 3 aromatic rings. The molecular weight excluding hydrogens is 354 g/mol. The molecule has 0 spiro atoms. The zero-order valence-electron chi connectivity index (χ0n) is 16.1. The summed E-state index contributed by atoms with van der Waals surface area (Å²) in [5, 5.41) is 7.89. The van der Waals surface area contributed by atoms with Crippen molar-refractivity contribution in [3.63, 3.8) is 0 Å². The number of hydrogen-bond acceptors (Lipinski definition) is 7. The topological polar surface area (TPSA) is 94.1 Å². The maximum atomic E-state index is 5.72. The van der Waals surface area contributed by atoms with E-state index in [2.05, 4.69) is 49.5 Å². The molecule has 8 nitrogen and oxygen atoms in total. The zero-order valence-corrected chi connectivity index (χ0v) is 16.1. The van der Waals surface area contributed by atoms with Crippen LogP contribution < -0.4 is 16.0 Å². The van der Waals surface area contributed by atoms with E-state index >= 15 is 0 Å². The minimum absolute atomic E-state index is 0.0812. The fraction of sp³-hybridized carbons (Fsp3) is 0.350. The van der Waals surface area contributed by atoms with Gasteiger partial charge in [-0.3, -0.25) is 4.68 Å². The van der Waals surface area contributed by atoms with Gasteiger partial charge < -0.3 is 20.7 Å². The van der Waals surface area contributed by atoms with E-state index < -0.39 is 0 Å². The van der Waals surface area contributed by atoms with Crippen molar-refractivity contribution >= 4 is 11.8 Å². The summed E-state index contributed by atoms with van der Waals surface area (Å²) in [4.78, 5) is 10.5. The number of nitrogens with two attached hydrogens (primary N) is 1. The van der Waals surface area contributed by atoms with Crippen molar-refractivity contribution in [3.05, 3.63) is 54.5 Å². The second-order valence-electron chi connectivity index (χ2n) is 7.04. The number of benzene rings is 1. The van der Waals surface area contributed by atoms with E-state index in [9.17, 15) is 0 Å². The van der Waals surface area contributed by atoms with Gasteiger partial charge >= 0.3 is 0 Å². The lowest BCUT2D eigenvalue weighted by molar-refractivity contribution is 0.0967. The van der Waals surface area contributed by atoms with Crippen LogP contribution in [0.25, 0.3) is 11.1 Å². The van der Waals surface area contributed by atoms with Gasteiger partial charge in [0.05, 0.1) is 18.3 Å². The van der Waals surface area contributed by atoms with E-state index in [1.54, 1.807) is 13.3 Å². The van der Waals surface area contributed by atoms with E-state index in [1.165, 1.54) is 11.1 Å². The second-order valence-corrected chi connectivity index (χ2v) is 7.04. The Bertz CT molecular complexity index is 942. The molecule has 1 saturated heterocycles. The highest BCUT2D eigenvalue weighted by atomic mass is 16.5. The molecule has 3 N–H and O–H groups in total. The smallest absolute Gasteiger partial charge is 0.221 e. The van der Waals surface area contributed by atoms with Gasteiger partial charge in [-0.05, 0) is 23.3 Å². The Morgan fingerprint density at radius 3 is 2.89 bits per heavy atom. The van der Waals surface area contributed by atoms with E-state index in [0.29, 0.717) is 0 Å². The SMILES string of the molecule is CO[C@@H]1CN(c2ccnc(N)n2)C[C@@H]1NCc1cccc(-c2cnn(C)c2)c1. The lowest BCUT2D eigenvalue weighted by Crippen LogP contribution is -2.39. The van der Waals surface area contributed by atoms with Crippen molar-refractivity contribution in [2.45, 2.75) is 18.7 Å². The Labute approximate surface area is 164 Å². The quantitative estimate of drug-likeness (QED) is 0.669. The monoisotopic (exact) mass is 379 g/mol. The first-order valence-corrected chi connectivity index (χ1v) is 9.30. The maximum Gasteiger partial charge on any atom is 0.221 e. The molecule has 0 radical (unpaired) electrons. The first-order chi connectivity index (χ1) is 13.6. The summed E-state index contributed by atoms with van der Waals surface area (Å²) in [6.45, 7) is 2.33. The molecule has 0 aliphatic carbocycles. The molecule has 8 heteroatoms. The van der Waals surface area contributed by atoms with Crippen molar-refractivity contribution in [3.8, 4) is 11.1 Å². The van der Waals surface area contributed by atoms with Gasteiger partial charge in [0.25, 0.3) is 0 Å². The van der Waals surface area contributed by atoms with Crippen LogP contribution in [0.1, 0.15) is 5.56 Å². The van der Waals surface area contributed by atoms with Crippen LogP contribution in [0.4, 0.5) is 11.8 Å². The molecule has 146 valence electrons. The summed E-state index contributed by atoms with van der Waals surface area (Å²) in [6, 6.07) is 10.6. The predicted octanol–water partition coefficient (Wildman–Crippen LogP) is 1.45. The predicted molar refractivity (Wildman–Crippen MR) is 109 cm³/mol. The Balaban J connectivity index is 1.42. The average Bonchev–Trinajstić information content (AvgIpc) is 3.33. The molecule has 0 amide bonds. The first-order valence-electron chi connectivity index (χ1n) is 9.30. The van der Waals surface area contributed by atoms with E-state index in [-0.39, 0.29) is 18.1 Å². The molecule has 3 heterocycles. The van der Waals surface area contributed by atoms with Gasteiger partial charge in [0.15, 0.2) is 0 Å². The van der Waals surface area contributed by atoms with Gasteiger partial charge in [0, 0.05) is 51.7 Å². The number of aryl methyl sites for hydroxylation is 1. The van der Waals surface area contributed by atoms with Gasteiger partial charge in [0.2, 0.25) is 5.95 Å². The van der Waals surface area contributed by atoms with Gasteiger partial charge in [-0.1, -0.05) is 18.2 Å². The van der Waals surface area contributed by atoms with Gasteiger partial charge in [-0.15, -0.1) is 0 Å². The average molecular weight is 379 g/mol. The minimum atomic E-state index is 0.0812. The summed E-state index contributed by atoms with van der Waals surface area (Å²) in [5.74, 6) is 1.12. The van der Waals surface area contributed by atoms with E-state index in [0.717, 1.165) is 31.0 Å². The number of aromatic nitrogens is 4. The van der Waals surface area contributed by atoms with E-state index in [4.69, 9.17) is 10.5 Å². The third-order valence-corrected chi connectivity index (χ3v) is 5.09. The van der Waals surface area contributed by atoms with Crippen LogP contribution in [0, 0.1) is 0 Å². The Kier molecular flexibility index (Phi) is 5.23. The number of nitrogens with zero attached hydrogens (tertiary/aromatic N) is 5. The molecule has 1 aliphatic heterocycles. The van der Waals surface area contributed by atoms with Crippen LogP contribution in [-0.2, 0) is 18.3 Å². The summed E-state index contributed by atoms with van der Waals surface area (Å²) in [5.41, 5.74) is 9.23. The summed E-state index contributed by atoms with van der Waals surface area (Å²) in [7, 11) is 3.68. The molecule has 0 saturated carbocycles. The summed E-state index contributed by atoms with van der Waals surface area (Å²) >= 11 is 0. The molecule has 28 heavy (non-hydrogen) atoms. The number of nitrogen functional groups attached to an aromatic ring is 1. The third-order valence-electron chi connectivity index (χ3n) is 5.09. The minimum Gasteiger partial charge on any atom is -0.378 e. The highest BCUT2D eigenvalue weighted by Crippen LogP contribution is 2.22. The summed E-state index contributed by atoms with van der Waals surface area (Å²) in [6.07, 6.45) is 5.67. The Morgan fingerprint density at radius 1 is 1.25 bits per heavy atom. The largest absolute Gasteiger partial charge is 0.378 e. The lowest BCUT2D eigenvalue weighted by Gasteiger charge is -2.18. The van der Waals surface area contributed by atoms with Crippen molar-refractivity contribution in [1.29, 1.82) is 0 Å². The highest BCUT2D eigenvalue weighted by molar-refractivity contribution is 5.62. The standard InChI is InChI=1S/C20H25N7O/c1-26-11-16(10-24-26)15-5-3-4-14(8-15)9-23-17-12-27(13-18(17)28-2)19-6-7-22-20(21)25-19/h3-8,10-11,17-18,23H,9,12-13H2,1-2H3,(H2,21,22,25)/t17-,18+/m0/s1. The van der Waals surface area contributed by atoms with Gasteiger partial charge in [-0.2, -0.15) is 10.1 Å². The highest BCUT2D eigenvalue weighted by Gasteiger charge is 2.33. The number of nitrogens with one attached hydrogen (secondary N) is 1. The number of ether oxygens (including phenoxy) is 1. The van der Waals surface area contributed by atoms with Crippen LogP contribution in [0.5, 0.6) is 0 Å². The fourth-order valence-corrected chi connectivity index (χ4v) is 3.62. The maximum absolute atomic E-state index is 5.72. The number of rotatable bonds is 6. The van der Waals surface area contributed by atoms with Crippen LogP contribution >= 0.6 is 0 Å². The van der Waals surface area contributed by atoms with Crippen molar-refractivity contribution < 1.29 is 4.74 Å². The molecule has 1 aromatic carbocycles. The number of hydrogen-bond donors (Lipinski definition) is 2. The van der Waals surface area contributed by atoms with Gasteiger partial charge in [0.1, 0.15) is 5.82 Å². The van der Waals surface area contributed by atoms with Gasteiger partial charge in [-0.25, -0.2) is 4.98 Å². The zero-order chi connectivity index (χ0) is 19.5.